The summed E-state index contributed by atoms with van der Waals surface area (Å²) in [6.45, 7) is 0. The van der Waals surface area contributed by atoms with E-state index in [1.165, 1.54) is 0 Å². The van der Waals surface area contributed by atoms with Crippen molar-refractivity contribution in [2.24, 2.45) is 0 Å². The molecule has 0 rings (SSSR count). The van der Waals surface area contributed by atoms with Crippen molar-refractivity contribution in [3.8, 4) is 0 Å². The maximum atomic E-state index is 9.19. The predicted molar refractivity (Wildman–Crippen MR) is 8.08 cm³/mol. The topological polar surface area (TPSA) is 122 Å². The van der Waals surface area contributed by atoms with E-state index in [-0.39, 0.29) is 16.8 Å². The van der Waals surface area contributed by atoms with Gasteiger partial charge in [0.1, 0.15) is 4.39 Å². The zero-order valence-electron chi connectivity index (χ0n) is 3.61. The fourth-order valence-corrected chi connectivity index (χ4v) is 0.207. The Morgan fingerprint density at radius 1 is 1.33 bits per heavy atom. The van der Waals surface area contributed by atoms with E-state index in [0.29, 0.717) is 0 Å². The third-order valence-electron chi connectivity index (χ3n) is 0.141. The van der Waals surface area contributed by atoms with Crippen LogP contribution in [0.25, 0.3) is 0 Å². The second-order valence-corrected chi connectivity index (χ2v) is 1.56. The molecule has 0 amide bonds. The van der Waals surface area contributed by atoms with Crippen LogP contribution in [0.4, 0.5) is 0 Å². The van der Waals surface area contributed by atoms with Crippen LogP contribution in [0.2, 0.25) is 0 Å². The standard InChI is InChI=1S/ClNO6.Co/c3-1(4,5)8-2(6)7;/q;+3. The fourth-order valence-electron chi connectivity index (χ4n) is 0.0690. The summed E-state index contributed by atoms with van der Waals surface area (Å²) in [5.74, 6) is 0. The summed E-state index contributed by atoms with van der Waals surface area (Å²) < 4.78 is 30.1. The zero-order valence-corrected chi connectivity index (χ0v) is 5.40. The van der Waals surface area contributed by atoms with Crippen LogP contribution in [-0.4, -0.2) is 5.09 Å². The molecule has 0 aliphatic heterocycles. The van der Waals surface area contributed by atoms with E-state index < -0.39 is 15.3 Å². The number of halogens is 1. The van der Waals surface area contributed by atoms with Crippen molar-refractivity contribution in [3.63, 3.8) is 0 Å². The Morgan fingerprint density at radius 2 is 1.67 bits per heavy atom. The molecule has 0 aromatic carbocycles. The van der Waals surface area contributed by atoms with E-state index in [1.54, 1.807) is 0 Å². The van der Waals surface area contributed by atoms with Gasteiger partial charge < -0.3 is 0 Å². The van der Waals surface area contributed by atoms with Crippen LogP contribution >= 0.6 is 0 Å². The minimum absolute atomic E-state index is 0. The molecule has 54 valence electrons. The molecule has 0 saturated heterocycles. The molecular weight excluding hydrogens is 204 g/mol. The van der Waals surface area contributed by atoms with Crippen LogP contribution < -0.4 is 14.0 Å². The van der Waals surface area contributed by atoms with Gasteiger partial charge in [-0.2, -0.15) is 14.0 Å². The van der Waals surface area contributed by atoms with Gasteiger partial charge in [-0.05, 0) is 0 Å². The molecule has 0 aromatic heterocycles. The van der Waals surface area contributed by atoms with Crippen LogP contribution in [0.1, 0.15) is 0 Å². The first-order valence-corrected chi connectivity index (χ1v) is 2.40. The van der Waals surface area contributed by atoms with Gasteiger partial charge in [-0.1, -0.05) is 10.1 Å². The van der Waals surface area contributed by atoms with Crippen molar-refractivity contribution < 1.29 is 50.5 Å². The van der Waals surface area contributed by atoms with Crippen molar-refractivity contribution in [1.29, 1.82) is 0 Å². The molecule has 0 aromatic rings. The molecule has 0 aliphatic carbocycles. The summed E-state index contributed by atoms with van der Waals surface area (Å²) in [5, 5.41) is 7.31. The molecule has 7 nitrogen and oxygen atoms in total. The molecule has 0 N–H and O–H groups in total. The molecule has 0 heterocycles. The third kappa shape index (κ3) is 11.4. The van der Waals surface area contributed by atoms with Crippen LogP contribution in [0.5, 0.6) is 0 Å². The van der Waals surface area contributed by atoms with Crippen molar-refractivity contribution >= 4 is 0 Å². The van der Waals surface area contributed by atoms with E-state index in [4.69, 9.17) is 10.1 Å². The summed E-state index contributed by atoms with van der Waals surface area (Å²) in [5.41, 5.74) is 0. The second-order valence-electron chi connectivity index (χ2n) is 0.671. The van der Waals surface area contributed by atoms with E-state index in [0.717, 1.165) is 0 Å². The number of rotatable bonds is 2. The van der Waals surface area contributed by atoms with Crippen LogP contribution in [-0.2, 0) is 21.2 Å². The number of nitrogens with zero attached hydrogens (tertiary/aromatic N) is 1. The Labute approximate surface area is 61.3 Å². The molecule has 9 heteroatoms. The van der Waals surface area contributed by atoms with Gasteiger partial charge in [0, 0.05) is 0 Å². The van der Waals surface area contributed by atoms with Gasteiger partial charge in [0.05, 0.1) is 0 Å². The minimum Gasteiger partial charge on any atom is -0.174 e. The van der Waals surface area contributed by atoms with Crippen LogP contribution in [0.15, 0.2) is 0 Å². The van der Waals surface area contributed by atoms with Crippen molar-refractivity contribution in [3.05, 3.63) is 10.1 Å². The number of hydrogen-bond acceptors (Lipinski definition) is 6. The Hall–Kier alpha value is -0.124. The van der Waals surface area contributed by atoms with Gasteiger partial charge in [-0.15, -0.1) is 0 Å². The quantitative estimate of drug-likeness (QED) is 0.335. The van der Waals surface area contributed by atoms with Crippen molar-refractivity contribution in [1.82, 2.24) is 0 Å². The van der Waals surface area contributed by atoms with Crippen LogP contribution in [0.3, 0.4) is 0 Å². The summed E-state index contributed by atoms with van der Waals surface area (Å²) in [7, 11) is -4.92. The first-order chi connectivity index (χ1) is 3.42. The van der Waals surface area contributed by atoms with E-state index >= 15 is 0 Å². The first-order valence-electron chi connectivity index (χ1n) is 1.16. The molecule has 0 spiro atoms. The average Bonchev–Trinajstić information content (AvgIpc) is 1.21. The zero-order chi connectivity index (χ0) is 6.78. The van der Waals surface area contributed by atoms with Crippen LogP contribution in [0, 0.1) is 20.4 Å². The Balaban J connectivity index is 0. The minimum atomic E-state index is -4.92. The Bertz CT molecular complexity index is 95.7. The SMILES string of the molecule is O=[N+]([O-])O[Cl+3]([O-])([O-])[O-].[Co+3]. The Kier molecular flexibility index (Phi) is 4.94. The van der Waals surface area contributed by atoms with Crippen molar-refractivity contribution in [2.75, 3.05) is 0 Å². The molecule has 0 bridgehead atoms. The van der Waals surface area contributed by atoms with Gasteiger partial charge in [0.25, 0.3) is 0 Å². The average molecular weight is 204 g/mol. The third-order valence-corrected chi connectivity index (χ3v) is 0.423. The molecular formula is ClCoNO6+3. The summed E-state index contributed by atoms with van der Waals surface area (Å²) in [6.07, 6.45) is 0. The smallest absolute Gasteiger partial charge is 0.174 e. The van der Waals surface area contributed by atoms with Gasteiger partial charge in [-0.3, -0.25) is 0 Å². The second kappa shape index (κ2) is 3.82. The monoisotopic (exact) mass is 204 g/mol. The van der Waals surface area contributed by atoms with Gasteiger partial charge in [0.15, 0.2) is 10.2 Å². The predicted octanol–water partition coefficient (Wildman–Crippen LogP) is -3.91. The fraction of sp³-hybridized carbons (Fsp3) is 0. The molecule has 0 fully saturated rings. The molecule has 9 heavy (non-hydrogen) atoms. The molecule has 0 radical (unpaired) electrons. The molecule has 0 saturated carbocycles. The summed E-state index contributed by atoms with van der Waals surface area (Å²) >= 11 is 0. The van der Waals surface area contributed by atoms with E-state index in [9.17, 15) is 14.0 Å². The largest absolute Gasteiger partial charge is 3.00 e. The van der Waals surface area contributed by atoms with E-state index in [2.05, 4.69) is 4.39 Å². The van der Waals surface area contributed by atoms with E-state index in [1.807, 2.05) is 0 Å². The summed E-state index contributed by atoms with van der Waals surface area (Å²) in [4.78, 5) is 9.01. The molecule has 0 aliphatic rings. The first kappa shape index (κ1) is 11.6. The maximum absolute atomic E-state index is 9.19. The molecule has 0 atom stereocenters. The molecule has 0 unspecified atom stereocenters. The number of hydrogen-bond donors (Lipinski definition) is 0. The maximum Gasteiger partial charge on any atom is 3.00 e. The van der Waals surface area contributed by atoms with Crippen molar-refractivity contribution in [2.45, 2.75) is 0 Å². The Morgan fingerprint density at radius 3 is 1.67 bits per heavy atom. The summed E-state index contributed by atoms with van der Waals surface area (Å²) in [6, 6.07) is 0. The van der Waals surface area contributed by atoms with Gasteiger partial charge in [-0.25, -0.2) is 0 Å². The van der Waals surface area contributed by atoms with Gasteiger partial charge >= 0.3 is 21.9 Å². The normalized spacial score (nSPS) is 9.67. The van der Waals surface area contributed by atoms with Gasteiger partial charge in [0.2, 0.25) is 0 Å².